The lowest BCUT2D eigenvalue weighted by atomic mass is 9.73. The van der Waals surface area contributed by atoms with Gasteiger partial charge in [-0.2, -0.15) is 0 Å². The Labute approximate surface area is 184 Å². The largest absolute Gasteiger partial charge is 0.487 e. The van der Waals surface area contributed by atoms with Crippen LogP contribution in [0.1, 0.15) is 84.0 Å². The fourth-order valence-electron chi connectivity index (χ4n) is 5.40. The molecule has 0 saturated carbocycles. The smallest absolute Gasteiger partial charge is 0.303 e. The Balaban J connectivity index is 1.57. The van der Waals surface area contributed by atoms with Crippen molar-refractivity contribution in [1.82, 2.24) is 4.90 Å². The summed E-state index contributed by atoms with van der Waals surface area (Å²) in [5, 5.41) is 8.86. The van der Waals surface area contributed by atoms with Gasteiger partial charge in [0.2, 0.25) is 5.91 Å². The highest BCUT2D eigenvalue weighted by molar-refractivity contribution is 5.77. The third-order valence-corrected chi connectivity index (χ3v) is 7.22. The topological polar surface area (TPSA) is 76.1 Å². The molecule has 1 aromatic carbocycles. The molecule has 0 aliphatic carbocycles. The highest BCUT2D eigenvalue weighted by Gasteiger charge is 2.53. The molecule has 0 radical (unpaired) electrons. The number of ether oxygens (including phenoxy) is 2. The van der Waals surface area contributed by atoms with Crippen molar-refractivity contribution in [2.75, 3.05) is 6.54 Å². The highest BCUT2D eigenvalue weighted by Crippen LogP contribution is 2.53. The van der Waals surface area contributed by atoms with E-state index in [0.717, 1.165) is 24.2 Å². The SMILES string of the molecule is CC(C)(C)c1ccc2c(c1)[C@H]1O[C@H]3CCN(C(=O)CCCC(=O)O)[C@H]3C[C@@H]1C(C)(C)O2. The Bertz CT molecular complexity index is 871. The van der Waals surface area contributed by atoms with E-state index in [-0.39, 0.29) is 48.3 Å². The number of rotatable bonds is 4. The molecule has 3 heterocycles. The zero-order chi connectivity index (χ0) is 22.6. The van der Waals surface area contributed by atoms with E-state index >= 15 is 0 Å². The number of carboxylic acids is 1. The summed E-state index contributed by atoms with van der Waals surface area (Å²) in [6, 6.07) is 6.50. The molecule has 4 rings (SSSR count). The number of hydrogen-bond donors (Lipinski definition) is 1. The Kier molecular flexibility index (Phi) is 5.57. The third kappa shape index (κ3) is 4.19. The van der Waals surface area contributed by atoms with Crippen LogP contribution in [0.4, 0.5) is 0 Å². The molecular formula is C25H35NO5. The molecule has 4 atom stereocenters. The van der Waals surface area contributed by atoms with Gasteiger partial charge in [-0.1, -0.05) is 26.8 Å². The van der Waals surface area contributed by atoms with Crippen LogP contribution in [0, 0.1) is 5.92 Å². The third-order valence-electron chi connectivity index (χ3n) is 7.22. The van der Waals surface area contributed by atoms with Crippen LogP contribution in [0.25, 0.3) is 0 Å². The molecule has 0 spiro atoms. The number of aliphatic carboxylic acids is 1. The summed E-state index contributed by atoms with van der Waals surface area (Å²) in [6.07, 6.45) is 2.34. The van der Waals surface area contributed by atoms with Crippen LogP contribution < -0.4 is 4.74 Å². The summed E-state index contributed by atoms with van der Waals surface area (Å²) in [5.74, 6) is 0.229. The summed E-state index contributed by atoms with van der Waals surface area (Å²) in [6.45, 7) is 11.5. The van der Waals surface area contributed by atoms with Crippen LogP contribution in [0.3, 0.4) is 0 Å². The molecule has 1 N–H and O–H groups in total. The van der Waals surface area contributed by atoms with E-state index in [1.807, 2.05) is 4.90 Å². The average Bonchev–Trinajstić information content (AvgIpc) is 3.08. The van der Waals surface area contributed by atoms with Gasteiger partial charge < -0.3 is 19.5 Å². The number of hydrogen-bond acceptors (Lipinski definition) is 4. The van der Waals surface area contributed by atoms with Crippen LogP contribution in [-0.2, 0) is 19.7 Å². The number of likely N-dealkylation sites (tertiary alicyclic amines) is 1. The summed E-state index contributed by atoms with van der Waals surface area (Å²) in [5.41, 5.74) is 2.04. The van der Waals surface area contributed by atoms with Crippen LogP contribution in [0.15, 0.2) is 18.2 Å². The van der Waals surface area contributed by atoms with Crippen LogP contribution in [0.2, 0.25) is 0 Å². The van der Waals surface area contributed by atoms with Crippen LogP contribution in [-0.4, -0.2) is 46.2 Å². The van der Waals surface area contributed by atoms with Crippen molar-refractivity contribution in [3.63, 3.8) is 0 Å². The molecule has 31 heavy (non-hydrogen) atoms. The lowest BCUT2D eigenvalue weighted by Gasteiger charge is -2.51. The van der Waals surface area contributed by atoms with E-state index in [0.29, 0.717) is 13.0 Å². The zero-order valence-electron chi connectivity index (χ0n) is 19.3. The van der Waals surface area contributed by atoms with Crippen LogP contribution >= 0.6 is 0 Å². The molecule has 0 bridgehead atoms. The highest BCUT2D eigenvalue weighted by atomic mass is 16.5. The number of amides is 1. The van der Waals surface area contributed by atoms with E-state index in [4.69, 9.17) is 14.6 Å². The Morgan fingerprint density at radius 1 is 1.23 bits per heavy atom. The minimum absolute atomic E-state index is 0.0183. The van der Waals surface area contributed by atoms with Crippen molar-refractivity contribution in [3.05, 3.63) is 29.3 Å². The molecule has 3 aliphatic heterocycles. The number of carbonyl (C=O) groups excluding carboxylic acids is 1. The molecule has 6 heteroatoms. The van der Waals surface area contributed by atoms with Gasteiger partial charge in [-0.05, 0) is 56.2 Å². The molecule has 2 saturated heterocycles. The second-order valence-electron chi connectivity index (χ2n) is 10.8. The minimum atomic E-state index is -0.856. The van der Waals surface area contributed by atoms with Gasteiger partial charge in [0.15, 0.2) is 0 Å². The number of fused-ring (bicyclic) bond motifs is 4. The fraction of sp³-hybridized carbons (Fsp3) is 0.680. The number of carboxylic acid groups (broad SMARTS) is 1. The standard InChI is InChI=1S/C25H35NO5/c1-24(2,3)15-9-10-19-16(13-15)23-17(25(4,5)31-19)14-18-20(30-23)11-12-26(18)21(27)7-6-8-22(28)29/h9-10,13,17-18,20,23H,6-8,11-12,14H2,1-5H3,(H,28,29)/t17-,18-,20-,23+/m0/s1. The Morgan fingerprint density at radius 3 is 2.65 bits per heavy atom. The van der Waals surface area contributed by atoms with Crippen molar-refractivity contribution in [3.8, 4) is 5.75 Å². The van der Waals surface area contributed by atoms with E-state index in [2.05, 4.69) is 52.8 Å². The van der Waals surface area contributed by atoms with E-state index in [1.54, 1.807) is 0 Å². The molecule has 0 aromatic heterocycles. The summed E-state index contributed by atoms with van der Waals surface area (Å²) in [7, 11) is 0. The van der Waals surface area contributed by atoms with Crippen molar-refractivity contribution >= 4 is 11.9 Å². The molecule has 1 amide bonds. The first kappa shape index (κ1) is 22.1. The monoisotopic (exact) mass is 429 g/mol. The maximum Gasteiger partial charge on any atom is 0.303 e. The normalized spacial score (nSPS) is 28.9. The second kappa shape index (κ2) is 7.80. The van der Waals surface area contributed by atoms with Gasteiger partial charge in [0, 0.05) is 30.9 Å². The lowest BCUT2D eigenvalue weighted by molar-refractivity contribution is -0.167. The van der Waals surface area contributed by atoms with Gasteiger partial charge in [-0.3, -0.25) is 9.59 Å². The molecular weight excluding hydrogens is 394 g/mol. The van der Waals surface area contributed by atoms with Gasteiger partial charge in [0.25, 0.3) is 0 Å². The van der Waals surface area contributed by atoms with E-state index in [1.165, 1.54) is 5.56 Å². The summed E-state index contributed by atoms with van der Waals surface area (Å²) >= 11 is 0. The van der Waals surface area contributed by atoms with Crippen molar-refractivity contribution in [2.45, 2.75) is 96.0 Å². The van der Waals surface area contributed by atoms with E-state index in [9.17, 15) is 9.59 Å². The molecule has 1 aromatic rings. The lowest BCUT2D eigenvalue weighted by Crippen LogP contribution is -2.54. The van der Waals surface area contributed by atoms with Gasteiger partial charge in [-0.15, -0.1) is 0 Å². The first-order valence-corrected chi connectivity index (χ1v) is 11.5. The predicted octanol–water partition coefficient (Wildman–Crippen LogP) is 4.46. The van der Waals surface area contributed by atoms with Crippen LogP contribution in [0.5, 0.6) is 5.75 Å². The summed E-state index contributed by atoms with van der Waals surface area (Å²) in [4.78, 5) is 25.5. The van der Waals surface area contributed by atoms with Gasteiger partial charge in [0.05, 0.1) is 18.2 Å². The Hall–Kier alpha value is -2.08. The molecule has 170 valence electrons. The number of benzene rings is 1. The quantitative estimate of drug-likeness (QED) is 0.765. The first-order valence-electron chi connectivity index (χ1n) is 11.5. The summed E-state index contributed by atoms with van der Waals surface area (Å²) < 4.78 is 13.1. The van der Waals surface area contributed by atoms with Gasteiger partial charge in [-0.25, -0.2) is 0 Å². The van der Waals surface area contributed by atoms with Crippen molar-refractivity contribution < 1.29 is 24.2 Å². The first-order chi connectivity index (χ1) is 14.5. The second-order valence-corrected chi connectivity index (χ2v) is 10.8. The minimum Gasteiger partial charge on any atom is -0.487 e. The number of nitrogens with zero attached hydrogens (tertiary/aromatic N) is 1. The predicted molar refractivity (Wildman–Crippen MR) is 117 cm³/mol. The average molecular weight is 430 g/mol. The Morgan fingerprint density at radius 2 is 1.97 bits per heavy atom. The maximum atomic E-state index is 12.8. The number of carbonyl (C=O) groups is 2. The molecule has 6 nitrogen and oxygen atoms in total. The molecule has 0 unspecified atom stereocenters. The van der Waals surface area contributed by atoms with Crippen molar-refractivity contribution in [1.29, 1.82) is 0 Å². The van der Waals surface area contributed by atoms with Gasteiger partial charge >= 0.3 is 5.97 Å². The van der Waals surface area contributed by atoms with Gasteiger partial charge in [0.1, 0.15) is 11.4 Å². The maximum absolute atomic E-state index is 12.8. The zero-order valence-corrected chi connectivity index (χ0v) is 19.3. The van der Waals surface area contributed by atoms with E-state index < -0.39 is 11.6 Å². The molecule has 3 aliphatic rings. The molecule has 2 fully saturated rings. The van der Waals surface area contributed by atoms with Crippen molar-refractivity contribution in [2.24, 2.45) is 5.92 Å². The fourth-order valence-corrected chi connectivity index (χ4v) is 5.40.